The van der Waals surface area contributed by atoms with E-state index in [-0.39, 0.29) is 6.04 Å². The van der Waals surface area contributed by atoms with E-state index in [1.54, 1.807) is 6.20 Å². The molecule has 0 aromatic carbocycles. The maximum absolute atomic E-state index is 6.24. The third-order valence-corrected chi connectivity index (χ3v) is 3.19. The van der Waals surface area contributed by atoms with E-state index in [9.17, 15) is 0 Å². The number of pyridine rings is 1. The van der Waals surface area contributed by atoms with Crippen molar-refractivity contribution in [3.8, 4) is 0 Å². The van der Waals surface area contributed by atoms with Crippen molar-refractivity contribution in [2.45, 2.75) is 26.3 Å². The molecule has 94 valence electrons. The quantitative estimate of drug-likeness (QED) is 0.946. The lowest BCUT2D eigenvalue weighted by molar-refractivity contribution is 0.698. The zero-order valence-electron chi connectivity index (χ0n) is 10.4. The Hall–Kier alpha value is -1.33. The smallest absolute Gasteiger partial charge is 0.0648 e. The molecule has 0 spiro atoms. The number of nitrogens with two attached hydrogens (primary N) is 1. The van der Waals surface area contributed by atoms with Gasteiger partial charge in [-0.1, -0.05) is 0 Å². The average Bonchev–Trinajstić information content (AvgIpc) is 2.32. The summed E-state index contributed by atoms with van der Waals surface area (Å²) in [6, 6.07) is 3.94. The van der Waals surface area contributed by atoms with Crippen LogP contribution < -0.4 is 5.73 Å². The van der Waals surface area contributed by atoms with Crippen LogP contribution in [0.25, 0.3) is 0 Å². The summed E-state index contributed by atoms with van der Waals surface area (Å²) in [6.45, 7) is 3.85. The van der Waals surface area contributed by atoms with Crippen LogP contribution in [0.4, 0.5) is 0 Å². The summed E-state index contributed by atoms with van der Waals surface area (Å²) in [5.74, 6) is 0. The fourth-order valence-electron chi connectivity index (χ4n) is 1.88. The van der Waals surface area contributed by atoms with Crippen molar-refractivity contribution in [2.75, 3.05) is 0 Å². The number of hydrogen-bond acceptors (Lipinski definition) is 4. The first-order valence-corrected chi connectivity index (χ1v) is 6.51. The summed E-state index contributed by atoms with van der Waals surface area (Å²) >= 11 is 3.41. The Kier molecular flexibility index (Phi) is 4.04. The average molecular weight is 307 g/mol. The van der Waals surface area contributed by atoms with E-state index in [2.05, 4.69) is 31.1 Å². The fourth-order valence-corrected chi connectivity index (χ4v) is 2.29. The van der Waals surface area contributed by atoms with Gasteiger partial charge in [0.25, 0.3) is 0 Å². The van der Waals surface area contributed by atoms with Crippen LogP contribution in [0.2, 0.25) is 0 Å². The Morgan fingerprint density at radius 3 is 2.72 bits per heavy atom. The molecule has 0 aliphatic heterocycles. The number of hydrogen-bond donors (Lipinski definition) is 1. The van der Waals surface area contributed by atoms with Crippen LogP contribution in [0, 0.1) is 13.8 Å². The molecule has 0 radical (unpaired) electrons. The molecule has 0 bridgehead atoms. The molecule has 0 amide bonds. The van der Waals surface area contributed by atoms with E-state index >= 15 is 0 Å². The van der Waals surface area contributed by atoms with Gasteiger partial charge in [0.1, 0.15) is 0 Å². The van der Waals surface area contributed by atoms with Gasteiger partial charge in [-0.15, -0.1) is 0 Å². The highest BCUT2D eigenvalue weighted by Gasteiger charge is 2.12. The molecule has 0 saturated heterocycles. The molecule has 2 N–H and O–H groups in total. The normalized spacial score (nSPS) is 12.4. The summed E-state index contributed by atoms with van der Waals surface area (Å²) in [4.78, 5) is 4.14. The van der Waals surface area contributed by atoms with Gasteiger partial charge in [0.2, 0.25) is 0 Å². The number of nitrogens with zero attached hydrogens (tertiary/aromatic N) is 3. The van der Waals surface area contributed by atoms with Gasteiger partial charge in [-0.3, -0.25) is 4.98 Å². The molecule has 0 fully saturated rings. The number of aryl methyl sites for hydroxylation is 2. The molecule has 18 heavy (non-hydrogen) atoms. The Balaban J connectivity index is 2.21. The highest BCUT2D eigenvalue weighted by molar-refractivity contribution is 9.10. The topological polar surface area (TPSA) is 64.7 Å². The second-order valence-corrected chi connectivity index (χ2v) is 5.26. The zero-order valence-corrected chi connectivity index (χ0v) is 12.0. The van der Waals surface area contributed by atoms with Gasteiger partial charge in [0.15, 0.2) is 0 Å². The molecule has 5 heteroatoms. The third kappa shape index (κ3) is 3.11. The van der Waals surface area contributed by atoms with Crippen molar-refractivity contribution in [3.05, 3.63) is 51.5 Å². The van der Waals surface area contributed by atoms with E-state index in [4.69, 9.17) is 5.73 Å². The summed E-state index contributed by atoms with van der Waals surface area (Å²) in [7, 11) is 0. The molecule has 2 heterocycles. The SMILES string of the molecule is Cc1cc(C(N)Cc2cncc(Br)c2)c(C)nn1. The molecule has 0 saturated carbocycles. The maximum atomic E-state index is 6.24. The van der Waals surface area contributed by atoms with Crippen LogP contribution in [-0.2, 0) is 6.42 Å². The predicted octanol–water partition coefficient (Wildman–Crippen LogP) is 2.49. The number of aromatic nitrogens is 3. The largest absolute Gasteiger partial charge is 0.324 e. The lowest BCUT2D eigenvalue weighted by atomic mass is 10.00. The van der Waals surface area contributed by atoms with Crippen molar-refractivity contribution in [3.63, 3.8) is 0 Å². The standard InChI is InChI=1S/C13H15BrN4/c1-8-3-12(9(2)18-17-8)13(15)5-10-4-11(14)7-16-6-10/h3-4,6-7,13H,5,15H2,1-2H3. The molecular weight excluding hydrogens is 292 g/mol. The van der Waals surface area contributed by atoms with Gasteiger partial charge < -0.3 is 5.73 Å². The Bertz CT molecular complexity index is 556. The van der Waals surface area contributed by atoms with Crippen LogP contribution >= 0.6 is 15.9 Å². The molecule has 1 atom stereocenters. The van der Waals surface area contributed by atoms with Gasteiger partial charge in [-0.2, -0.15) is 10.2 Å². The van der Waals surface area contributed by atoms with Crippen LogP contribution in [0.1, 0.15) is 28.6 Å². The highest BCUT2D eigenvalue weighted by Crippen LogP contribution is 2.20. The molecule has 0 aliphatic rings. The first kappa shape index (κ1) is 13.1. The monoisotopic (exact) mass is 306 g/mol. The minimum Gasteiger partial charge on any atom is -0.324 e. The van der Waals surface area contributed by atoms with Gasteiger partial charge in [0, 0.05) is 22.9 Å². The zero-order chi connectivity index (χ0) is 13.1. The van der Waals surface area contributed by atoms with Crippen molar-refractivity contribution >= 4 is 15.9 Å². The molecule has 2 aromatic rings. The highest BCUT2D eigenvalue weighted by atomic mass is 79.9. The molecule has 0 aliphatic carbocycles. The van der Waals surface area contributed by atoms with Gasteiger partial charge in [0.05, 0.1) is 11.4 Å². The summed E-state index contributed by atoms with van der Waals surface area (Å²) in [5.41, 5.74) is 10.2. The first-order chi connectivity index (χ1) is 8.56. The maximum Gasteiger partial charge on any atom is 0.0648 e. The van der Waals surface area contributed by atoms with E-state index < -0.39 is 0 Å². The number of halogens is 1. The van der Waals surface area contributed by atoms with Crippen molar-refractivity contribution < 1.29 is 0 Å². The number of rotatable bonds is 3. The van der Waals surface area contributed by atoms with Crippen LogP contribution in [0.3, 0.4) is 0 Å². The minimum atomic E-state index is -0.0877. The lowest BCUT2D eigenvalue weighted by Gasteiger charge is -2.14. The second-order valence-electron chi connectivity index (χ2n) is 4.35. The van der Waals surface area contributed by atoms with E-state index in [1.807, 2.05) is 32.2 Å². The summed E-state index contributed by atoms with van der Waals surface area (Å²) in [6.07, 6.45) is 4.33. The van der Waals surface area contributed by atoms with E-state index in [0.717, 1.165) is 33.4 Å². The Labute approximate surface area is 115 Å². The Morgan fingerprint density at radius 2 is 2.00 bits per heavy atom. The molecule has 4 nitrogen and oxygen atoms in total. The predicted molar refractivity (Wildman–Crippen MR) is 74.1 cm³/mol. The van der Waals surface area contributed by atoms with Crippen molar-refractivity contribution in [1.82, 2.24) is 15.2 Å². The summed E-state index contributed by atoms with van der Waals surface area (Å²) < 4.78 is 0.966. The van der Waals surface area contributed by atoms with Gasteiger partial charge >= 0.3 is 0 Å². The minimum absolute atomic E-state index is 0.0877. The summed E-state index contributed by atoms with van der Waals surface area (Å²) in [5, 5.41) is 8.12. The molecule has 1 unspecified atom stereocenters. The molecule has 2 rings (SSSR count). The van der Waals surface area contributed by atoms with Crippen LogP contribution in [-0.4, -0.2) is 15.2 Å². The van der Waals surface area contributed by atoms with E-state index in [0.29, 0.717) is 0 Å². The third-order valence-electron chi connectivity index (χ3n) is 2.76. The van der Waals surface area contributed by atoms with Crippen LogP contribution in [0.5, 0.6) is 0 Å². The lowest BCUT2D eigenvalue weighted by Crippen LogP contribution is -2.16. The van der Waals surface area contributed by atoms with Gasteiger partial charge in [-0.05, 0) is 59.5 Å². The van der Waals surface area contributed by atoms with Crippen LogP contribution in [0.15, 0.2) is 29.0 Å². The van der Waals surface area contributed by atoms with Gasteiger partial charge in [-0.25, -0.2) is 0 Å². The molecular formula is C13H15BrN4. The second kappa shape index (κ2) is 5.54. The fraction of sp³-hybridized carbons (Fsp3) is 0.308. The van der Waals surface area contributed by atoms with E-state index in [1.165, 1.54) is 0 Å². The van der Waals surface area contributed by atoms with Crippen molar-refractivity contribution in [2.24, 2.45) is 5.73 Å². The first-order valence-electron chi connectivity index (χ1n) is 5.72. The van der Waals surface area contributed by atoms with Crippen molar-refractivity contribution in [1.29, 1.82) is 0 Å². The molecule has 2 aromatic heterocycles. The Morgan fingerprint density at radius 1 is 1.22 bits per heavy atom.